The van der Waals surface area contributed by atoms with Crippen molar-refractivity contribution in [2.45, 2.75) is 12.6 Å². The van der Waals surface area contributed by atoms with Crippen molar-refractivity contribution in [1.82, 2.24) is 5.32 Å². The van der Waals surface area contributed by atoms with Crippen molar-refractivity contribution >= 4 is 17.7 Å². The van der Waals surface area contributed by atoms with Gasteiger partial charge >= 0.3 is 12.3 Å². The third kappa shape index (κ3) is 5.06. The third-order valence-corrected chi connectivity index (χ3v) is 3.41. The van der Waals surface area contributed by atoms with Crippen molar-refractivity contribution in [2.75, 3.05) is 6.54 Å². The summed E-state index contributed by atoms with van der Waals surface area (Å²) in [5, 5.41) is 10.3. The Bertz CT molecular complexity index is 717. The Hall–Kier alpha value is -2.41. The van der Waals surface area contributed by atoms with Crippen molar-refractivity contribution in [1.29, 1.82) is 0 Å². The number of hydrogen-bond donors (Lipinski definition) is 2. The highest BCUT2D eigenvalue weighted by molar-refractivity contribution is 6.31. The monoisotopic (exact) mass is 359 g/mol. The van der Waals surface area contributed by atoms with Crippen LogP contribution in [0, 0.1) is 0 Å². The number of benzene rings is 2. The summed E-state index contributed by atoms with van der Waals surface area (Å²) in [6, 6.07) is 9.93. The van der Waals surface area contributed by atoms with E-state index in [1.165, 1.54) is 6.07 Å². The van der Waals surface area contributed by atoms with E-state index in [9.17, 15) is 18.0 Å². The van der Waals surface area contributed by atoms with Gasteiger partial charge in [-0.05, 0) is 36.2 Å². The first-order valence-electron chi connectivity index (χ1n) is 6.86. The maximum atomic E-state index is 12.6. The van der Waals surface area contributed by atoms with Crippen LogP contribution in [0.5, 0.6) is 11.5 Å². The van der Waals surface area contributed by atoms with E-state index in [1.807, 2.05) is 0 Å². The first-order chi connectivity index (χ1) is 11.3. The normalized spacial score (nSPS) is 11.2. The van der Waals surface area contributed by atoms with Crippen LogP contribution in [0.2, 0.25) is 5.02 Å². The fraction of sp³-hybridized carbons (Fsp3) is 0.188. The molecule has 0 unspecified atom stereocenters. The molecule has 2 rings (SSSR count). The molecule has 2 aromatic rings. The SMILES string of the molecule is O=C(O)NCCc1ccc(Oc2ccc(C(F)(F)F)c(Cl)c2)cc1. The molecule has 0 aliphatic heterocycles. The van der Waals surface area contributed by atoms with Crippen LogP contribution in [0.15, 0.2) is 42.5 Å². The molecular weight excluding hydrogens is 347 g/mol. The third-order valence-electron chi connectivity index (χ3n) is 3.09. The van der Waals surface area contributed by atoms with Crippen LogP contribution >= 0.6 is 11.6 Å². The summed E-state index contributed by atoms with van der Waals surface area (Å²) in [5.41, 5.74) is -0.0284. The smallest absolute Gasteiger partial charge is 0.417 e. The van der Waals surface area contributed by atoms with Gasteiger partial charge in [0, 0.05) is 12.6 Å². The van der Waals surface area contributed by atoms with Crippen LogP contribution in [0.4, 0.5) is 18.0 Å². The molecule has 2 aromatic carbocycles. The average Bonchev–Trinajstić information content (AvgIpc) is 2.47. The molecule has 0 atom stereocenters. The second-order valence-electron chi connectivity index (χ2n) is 4.87. The minimum absolute atomic E-state index is 0.188. The molecule has 0 fully saturated rings. The van der Waals surface area contributed by atoms with E-state index in [2.05, 4.69) is 5.32 Å². The summed E-state index contributed by atoms with van der Waals surface area (Å²) >= 11 is 5.63. The van der Waals surface area contributed by atoms with E-state index >= 15 is 0 Å². The lowest BCUT2D eigenvalue weighted by Crippen LogP contribution is -2.23. The molecule has 128 valence electrons. The first-order valence-corrected chi connectivity index (χ1v) is 7.24. The van der Waals surface area contributed by atoms with Gasteiger partial charge in [-0.3, -0.25) is 0 Å². The van der Waals surface area contributed by atoms with Crippen LogP contribution in [0.25, 0.3) is 0 Å². The van der Waals surface area contributed by atoms with Crippen LogP contribution in [-0.2, 0) is 12.6 Å². The Morgan fingerprint density at radius 1 is 1.12 bits per heavy atom. The van der Waals surface area contributed by atoms with Crippen LogP contribution in [0.1, 0.15) is 11.1 Å². The molecule has 0 heterocycles. The highest BCUT2D eigenvalue weighted by Gasteiger charge is 2.33. The van der Waals surface area contributed by atoms with E-state index in [0.717, 1.165) is 17.7 Å². The van der Waals surface area contributed by atoms with E-state index in [-0.39, 0.29) is 12.3 Å². The highest BCUT2D eigenvalue weighted by atomic mass is 35.5. The summed E-state index contributed by atoms with van der Waals surface area (Å²) in [5.74, 6) is 0.620. The predicted octanol–water partition coefficient (Wildman–Crippen LogP) is 4.96. The minimum Gasteiger partial charge on any atom is -0.465 e. The fourth-order valence-electron chi connectivity index (χ4n) is 1.96. The molecule has 2 N–H and O–H groups in total. The number of ether oxygens (including phenoxy) is 1. The van der Waals surface area contributed by atoms with Crippen LogP contribution in [0.3, 0.4) is 0 Å². The first kappa shape index (κ1) is 17.9. The molecule has 0 bridgehead atoms. The molecule has 0 aliphatic carbocycles. The molecule has 0 spiro atoms. The zero-order valence-corrected chi connectivity index (χ0v) is 13.0. The van der Waals surface area contributed by atoms with Gasteiger partial charge in [0.1, 0.15) is 11.5 Å². The lowest BCUT2D eigenvalue weighted by atomic mass is 10.1. The highest BCUT2D eigenvalue weighted by Crippen LogP contribution is 2.37. The second-order valence-corrected chi connectivity index (χ2v) is 5.27. The molecule has 4 nitrogen and oxygen atoms in total. The van der Waals surface area contributed by atoms with E-state index in [1.54, 1.807) is 24.3 Å². The fourth-order valence-corrected chi connectivity index (χ4v) is 2.24. The zero-order valence-electron chi connectivity index (χ0n) is 12.2. The summed E-state index contributed by atoms with van der Waals surface area (Å²) in [6.07, 6.45) is -5.09. The molecule has 8 heteroatoms. The van der Waals surface area contributed by atoms with Crippen LogP contribution in [-0.4, -0.2) is 17.7 Å². The Kier molecular flexibility index (Phi) is 5.56. The standard InChI is InChI=1S/C16H13ClF3NO3/c17-14-9-12(5-6-13(14)16(18,19)20)24-11-3-1-10(2-4-11)7-8-21-15(22)23/h1-6,9,21H,7-8H2,(H,22,23). The molecule has 0 radical (unpaired) electrons. The summed E-state index contributed by atoms with van der Waals surface area (Å²) in [4.78, 5) is 10.3. The number of carbonyl (C=O) groups is 1. The lowest BCUT2D eigenvalue weighted by molar-refractivity contribution is -0.137. The van der Waals surface area contributed by atoms with Gasteiger partial charge in [-0.1, -0.05) is 23.7 Å². The molecule has 0 aromatic heterocycles. The maximum absolute atomic E-state index is 12.6. The number of amides is 1. The van der Waals surface area contributed by atoms with Gasteiger partial charge in [-0.25, -0.2) is 4.79 Å². The van der Waals surface area contributed by atoms with Crippen LogP contribution < -0.4 is 10.1 Å². The van der Waals surface area contributed by atoms with Gasteiger partial charge in [0.05, 0.1) is 10.6 Å². The van der Waals surface area contributed by atoms with Crippen molar-refractivity contribution in [3.05, 3.63) is 58.6 Å². The number of nitrogens with one attached hydrogen (secondary N) is 1. The lowest BCUT2D eigenvalue weighted by Gasteiger charge is -2.11. The van der Waals surface area contributed by atoms with Crippen molar-refractivity contribution in [2.24, 2.45) is 0 Å². The Labute approximate surface area is 140 Å². The topological polar surface area (TPSA) is 58.6 Å². The minimum atomic E-state index is -4.51. The van der Waals surface area contributed by atoms with Crippen molar-refractivity contribution < 1.29 is 27.8 Å². The number of carboxylic acid groups (broad SMARTS) is 1. The summed E-state index contributed by atoms with van der Waals surface area (Å²) in [7, 11) is 0. The molecule has 0 aliphatic rings. The average molecular weight is 360 g/mol. The number of rotatable bonds is 5. The van der Waals surface area contributed by atoms with Gasteiger partial charge in [0.2, 0.25) is 0 Å². The largest absolute Gasteiger partial charge is 0.465 e. The zero-order chi connectivity index (χ0) is 17.7. The van der Waals surface area contributed by atoms with Gasteiger partial charge in [-0.2, -0.15) is 13.2 Å². The number of hydrogen-bond acceptors (Lipinski definition) is 2. The molecule has 0 saturated carbocycles. The molecule has 0 saturated heterocycles. The van der Waals surface area contributed by atoms with Crippen molar-refractivity contribution in [3.63, 3.8) is 0 Å². The quantitative estimate of drug-likeness (QED) is 0.793. The van der Waals surface area contributed by atoms with Crippen molar-refractivity contribution in [3.8, 4) is 11.5 Å². The maximum Gasteiger partial charge on any atom is 0.417 e. The van der Waals surface area contributed by atoms with Gasteiger partial charge in [0.25, 0.3) is 0 Å². The predicted molar refractivity (Wildman–Crippen MR) is 82.7 cm³/mol. The Morgan fingerprint density at radius 2 is 1.75 bits per heavy atom. The number of alkyl halides is 3. The molecular formula is C16H13ClF3NO3. The Balaban J connectivity index is 2.01. The molecule has 1 amide bonds. The summed E-state index contributed by atoms with van der Waals surface area (Å²) < 4.78 is 43.4. The van der Waals surface area contributed by atoms with E-state index < -0.39 is 22.9 Å². The van der Waals surface area contributed by atoms with E-state index in [4.69, 9.17) is 21.4 Å². The number of halogens is 4. The van der Waals surface area contributed by atoms with Gasteiger partial charge in [0.15, 0.2) is 0 Å². The summed E-state index contributed by atoms with van der Waals surface area (Å²) in [6.45, 7) is 0.282. The van der Waals surface area contributed by atoms with E-state index in [0.29, 0.717) is 12.2 Å². The second kappa shape index (κ2) is 7.44. The van der Waals surface area contributed by atoms with Gasteiger partial charge in [-0.15, -0.1) is 0 Å². The Morgan fingerprint density at radius 3 is 2.29 bits per heavy atom. The molecule has 24 heavy (non-hydrogen) atoms. The van der Waals surface area contributed by atoms with Gasteiger partial charge < -0.3 is 15.2 Å².